The highest BCUT2D eigenvalue weighted by molar-refractivity contribution is 14.1. The first-order valence-corrected chi connectivity index (χ1v) is 4.62. The first-order chi connectivity index (χ1) is 6.45. The molecule has 1 rings (SSSR count). The van der Waals surface area contributed by atoms with Gasteiger partial charge in [-0.3, -0.25) is 0 Å². The van der Waals surface area contributed by atoms with Gasteiger partial charge in [-0.15, -0.1) is 0 Å². The van der Waals surface area contributed by atoms with E-state index in [0.717, 1.165) is 6.07 Å². The van der Waals surface area contributed by atoms with Gasteiger partial charge in [0.15, 0.2) is 0 Å². The normalized spacial score (nSPS) is 11.1. The highest BCUT2D eigenvalue weighted by atomic mass is 127. The number of aromatic nitrogens is 1. The van der Waals surface area contributed by atoms with Crippen molar-refractivity contribution in [2.75, 3.05) is 0 Å². The minimum absolute atomic E-state index is 0.0728. The highest BCUT2D eigenvalue weighted by Crippen LogP contribution is 2.28. The molecule has 0 aliphatic rings. The van der Waals surface area contributed by atoms with E-state index < -0.39 is 11.9 Å². The van der Waals surface area contributed by atoms with Gasteiger partial charge in [0.25, 0.3) is 0 Å². The summed E-state index contributed by atoms with van der Waals surface area (Å²) in [6.45, 7) is 0. The van der Waals surface area contributed by atoms with Crippen molar-refractivity contribution in [3.05, 3.63) is 27.1 Å². The second-order valence-corrected chi connectivity index (χ2v) is 3.50. The van der Waals surface area contributed by atoms with Gasteiger partial charge in [-0.25, -0.2) is 4.98 Å². The van der Waals surface area contributed by atoms with Crippen LogP contribution in [0.15, 0.2) is 12.1 Å². The summed E-state index contributed by atoms with van der Waals surface area (Å²) in [4.78, 5) is 3.37. The molecule has 0 fully saturated rings. The van der Waals surface area contributed by atoms with Crippen LogP contribution in [0.1, 0.15) is 11.3 Å². The Morgan fingerprint density at radius 1 is 1.43 bits per heavy atom. The van der Waals surface area contributed by atoms with Crippen LogP contribution in [0.25, 0.3) is 0 Å². The van der Waals surface area contributed by atoms with Crippen molar-refractivity contribution in [1.82, 2.24) is 4.98 Å². The number of pyridine rings is 1. The largest absolute Gasteiger partial charge is 0.433 e. The molecule has 1 aromatic heterocycles. The van der Waals surface area contributed by atoms with E-state index in [4.69, 9.17) is 5.26 Å². The van der Waals surface area contributed by atoms with Crippen molar-refractivity contribution in [1.29, 1.82) is 5.26 Å². The molecule has 0 N–H and O–H groups in total. The predicted molar refractivity (Wildman–Crippen MR) is 51.3 cm³/mol. The van der Waals surface area contributed by atoms with Crippen LogP contribution >= 0.6 is 22.6 Å². The third-order valence-electron chi connectivity index (χ3n) is 1.49. The zero-order valence-electron chi connectivity index (χ0n) is 6.77. The van der Waals surface area contributed by atoms with E-state index in [9.17, 15) is 13.2 Å². The van der Waals surface area contributed by atoms with Crippen LogP contribution in [0.2, 0.25) is 0 Å². The lowest BCUT2D eigenvalue weighted by atomic mass is 10.2. The topological polar surface area (TPSA) is 36.7 Å². The molecular formula is C8H4F3IN2. The van der Waals surface area contributed by atoms with Gasteiger partial charge in [-0.05, 0) is 34.2 Å². The Kier molecular flexibility index (Phi) is 3.31. The van der Waals surface area contributed by atoms with Gasteiger partial charge in [0.05, 0.1) is 12.5 Å². The second-order valence-electron chi connectivity index (χ2n) is 2.48. The van der Waals surface area contributed by atoms with Crippen LogP contribution in [0.3, 0.4) is 0 Å². The summed E-state index contributed by atoms with van der Waals surface area (Å²) in [6.07, 6.45) is -4.35. The number of hydrogen-bond acceptors (Lipinski definition) is 2. The van der Waals surface area contributed by atoms with Crippen LogP contribution in [0, 0.1) is 15.0 Å². The lowest BCUT2D eigenvalue weighted by molar-refractivity contribution is -0.141. The number of nitriles is 1. The van der Waals surface area contributed by atoms with Gasteiger partial charge < -0.3 is 0 Å². The first-order valence-electron chi connectivity index (χ1n) is 3.54. The Bertz CT molecular complexity index is 381. The van der Waals surface area contributed by atoms with E-state index in [1.54, 1.807) is 22.6 Å². The minimum Gasteiger partial charge on any atom is -0.237 e. The summed E-state index contributed by atoms with van der Waals surface area (Å²) in [7, 11) is 0. The lowest BCUT2D eigenvalue weighted by Gasteiger charge is -2.07. The quantitative estimate of drug-likeness (QED) is 0.590. The fourth-order valence-corrected chi connectivity index (χ4v) is 1.47. The molecule has 0 aliphatic carbocycles. The van der Waals surface area contributed by atoms with Crippen LogP contribution in [-0.2, 0) is 12.6 Å². The fourth-order valence-electron chi connectivity index (χ4n) is 0.838. The second kappa shape index (κ2) is 4.13. The molecule has 14 heavy (non-hydrogen) atoms. The van der Waals surface area contributed by atoms with E-state index in [0.29, 0.717) is 5.56 Å². The Labute approximate surface area is 91.9 Å². The van der Waals surface area contributed by atoms with Crippen molar-refractivity contribution < 1.29 is 13.2 Å². The molecular weight excluding hydrogens is 308 g/mol. The smallest absolute Gasteiger partial charge is 0.237 e. The average molecular weight is 312 g/mol. The molecule has 2 nitrogen and oxygen atoms in total. The zero-order chi connectivity index (χ0) is 10.8. The lowest BCUT2D eigenvalue weighted by Crippen LogP contribution is -2.09. The molecule has 6 heteroatoms. The third-order valence-corrected chi connectivity index (χ3v) is 2.42. The van der Waals surface area contributed by atoms with Gasteiger partial charge in [-0.1, -0.05) is 6.07 Å². The van der Waals surface area contributed by atoms with Crippen molar-refractivity contribution >= 4 is 22.6 Å². The standard InChI is InChI=1S/C8H4F3IN2/c9-8(10,11)6-2-1-5(3-4-13)7(12)14-6/h1-2H,3H2. The summed E-state index contributed by atoms with van der Waals surface area (Å²) in [6, 6.07) is 4.02. The molecule has 0 amide bonds. The van der Waals surface area contributed by atoms with E-state index >= 15 is 0 Å². The monoisotopic (exact) mass is 312 g/mol. The third kappa shape index (κ3) is 2.57. The van der Waals surface area contributed by atoms with Gasteiger partial charge in [0, 0.05) is 0 Å². The number of halogens is 4. The summed E-state index contributed by atoms with van der Waals surface area (Å²) in [5.41, 5.74) is -0.412. The van der Waals surface area contributed by atoms with Crippen LogP contribution in [0.5, 0.6) is 0 Å². The molecule has 0 saturated heterocycles. The molecule has 1 aromatic rings. The summed E-state index contributed by atoms with van der Waals surface area (Å²) < 4.78 is 36.7. The highest BCUT2D eigenvalue weighted by Gasteiger charge is 2.32. The van der Waals surface area contributed by atoms with Gasteiger partial charge in [0.2, 0.25) is 0 Å². The molecule has 0 aliphatic heterocycles. The number of alkyl halides is 3. The Morgan fingerprint density at radius 2 is 2.07 bits per heavy atom. The maximum absolute atomic E-state index is 12.2. The predicted octanol–water partition coefficient (Wildman–Crippen LogP) is 2.77. The number of rotatable bonds is 1. The maximum atomic E-state index is 12.2. The van der Waals surface area contributed by atoms with Crippen LogP contribution in [0.4, 0.5) is 13.2 Å². The Hall–Kier alpha value is -0.840. The zero-order valence-corrected chi connectivity index (χ0v) is 8.93. The molecule has 1 heterocycles. The van der Waals surface area contributed by atoms with Gasteiger partial charge >= 0.3 is 6.18 Å². The Morgan fingerprint density at radius 3 is 2.50 bits per heavy atom. The summed E-state index contributed by atoms with van der Waals surface area (Å²) in [5.74, 6) is 0. The molecule has 0 bridgehead atoms. The van der Waals surface area contributed by atoms with E-state index in [1.807, 2.05) is 6.07 Å². The SMILES string of the molecule is N#CCc1ccc(C(F)(F)F)nc1I. The van der Waals surface area contributed by atoms with Crippen molar-refractivity contribution in [2.45, 2.75) is 12.6 Å². The minimum atomic E-state index is -4.43. The average Bonchev–Trinajstić information content (AvgIpc) is 2.07. The van der Waals surface area contributed by atoms with Crippen molar-refractivity contribution in [3.8, 4) is 6.07 Å². The van der Waals surface area contributed by atoms with Crippen molar-refractivity contribution in [2.24, 2.45) is 0 Å². The van der Waals surface area contributed by atoms with E-state index in [-0.39, 0.29) is 10.1 Å². The van der Waals surface area contributed by atoms with E-state index in [2.05, 4.69) is 4.98 Å². The van der Waals surface area contributed by atoms with Gasteiger partial charge in [-0.2, -0.15) is 18.4 Å². The van der Waals surface area contributed by atoms with Crippen LogP contribution in [-0.4, -0.2) is 4.98 Å². The fraction of sp³-hybridized carbons (Fsp3) is 0.250. The first kappa shape index (κ1) is 11.2. The molecule has 0 spiro atoms. The van der Waals surface area contributed by atoms with Gasteiger partial charge in [0.1, 0.15) is 9.39 Å². The Balaban J connectivity index is 3.08. The molecule has 0 aromatic carbocycles. The summed E-state index contributed by atoms with van der Waals surface area (Å²) >= 11 is 1.69. The summed E-state index contributed by atoms with van der Waals surface area (Å²) in [5, 5.41) is 8.37. The van der Waals surface area contributed by atoms with E-state index in [1.165, 1.54) is 6.07 Å². The molecule has 74 valence electrons. The number of hydrogen-bond donors (Lipinski definition) is 0. The molecule has 0 atom stereocenters. The van der Waals surface area contributed by atoms with Crippen LogP contribution < -0.4 is 0 Å². The molecule has 0 saturated carbocycles. The van der Waals surface area contributed by atoms with Crippen molar-refractivity contribution in [3.63, 3.8) is 0 Å². The molecule has 0 unspecified atom stereocenters. The number of nitrogens with zero attached hydrogens (tertiary/aromatic N) is 2. The molecule has 0 radical (unpaired) electrons. The maximum Gasteiger partial charge on any atom is 0.433 e.